The van der Waals surface area contributed by atoms with Gasteiger partial charge in [0.25, 0.3) is 0 Å². The minimum absolute atomic E-state index is 0.436. The summed E-state index contributed by atoms with van der Waals surface area (Å²) in [4.78, 5) is 8.18. The zero-order valence-corrected chi connectivity index (χ0v) is 25.1. The van der Waals surface area contributed by atoms with Crippen molar-refractivity contribution in [3.63, 3.8) is 0 Å². The Morgan fingerprint density at radius 1 is 0.455 bits per heavy atom. The second-order valence-electron chi connectivity index (χ2n) is 15.6. The molecule has 1 rings (SSSR count). The Bertz CT molecular complexity index is 440. The lowest BCUT2D eigenvalue weighted by Gasteiger charge is -2.43. The number of rotatable bonds is 12. The second-order valence-corrected chi connectivity index (χ2v) is 15.6. The first kappa shape index (κ1) is 30.9. The van der Waals surface area contributed by atoms with E-state index in [0.717, 1.165) is 37.8 Å². The Morgan fingerprint density at radius 2 is 0.667 bits per heavy atom. The van der Waals surface area contributed by atoms with Crippen LogP contribution in [0, 0.1) is 34.0 Å². The molecule has 3 heteroatoms. The highest BCUT2D eigenvalue weighted by Gasteiger charge is 2.26. The van der Waals surface area contributed by atoms with Crippen LogP contribution in [0.15, 0.2) is 0 Å². The summed E-state index contributed by atoms with van der Waals surface area (Å²) in [6.45, 7) is 35.9. The van der Waals surface area contributed by atoms with Crippen molar-refractivity contribution < 1.29 is 0 Å². The third-order valence-electron chi connectivity index (χ3n) is 6.90. The summed E-state index contributed by atoms with van der Waals surface area (Å²) in [7, 11) is 0. The fourth-order valence-corrected chi connectivity index (χ4v) is 6.06. The van der Waals surface area contributed by atoms with Crippen molar-refractivity contribution >= 4 is 0 Å². The second kappa shape index (κ2) is 13.3. The fraction of sp³-hybridized carbons (Fsp3) is 1.00. The van der Waals surface area contributed by atoms with Crippen molar-refractivity contribution in [3.8, 4) is 0 Å². The molecule has 0 N–H and O–H groups in total. The van der Waals surface area contributed by atoms with Gasteiger partial charge in [-0.15, -0.1) is 0 Å². The smallest absolute Gasteiger partial charge is 0.0529 e. The number of hydrogen-bond acceptors (Lipinski definition) is 3. The maximum Gasteiger partial charge on any atom is 0.0529 e. The summed E-state index contributed by atoms with van der Waals surface area (Å²) in [5.41, 5.74) is 1.31. The standard InChI is InChI=1S/C30H63N3/c1-25(19-28(4,5)6)13-16-31-22-32(17-14-26(2)20-29(7,8)9)24-33(23-31)18-15-27(3)21-30(10,11)12/h25-27H,13-24H2,1-12H3/t25-,26-,27-/m1/s1. The summed E-state index contributed by atoms with van der Waals surface area (Å²) >= 11 is 0. The van der Waals surface area contributed by atoms with E-state index in [9.17, 15) is 0 Å². The molecule has 3 atom stereocenters. The van der Waals surface area contributed by atoms with Crippen LogP contribution in [-0.4, -0.2) is 54.3 Å². The van der Waals surface area contributed by atoms with Crippen LogP contribution in [0.2, 0.25) is 0 Å². The van der Waals surface area contributed by atoms with Crippen LogP contribution >= 0.6 is 0 Å². The minimum atomic E-state index is 0.436. The molecule has 1 heterocycles. The SMILES string of the molecule is C[C@H](CCN1CN(CC[C@@H](C)CC(C)(C)C)CN(CC[C@@H](C)CC(C)(C)C)C1)CC(C)(C)C. The molecule has 1 fully saturated rings. The molecule has 1 saturated heterocycles. The Hall–Kier alpha value is -0.120. The Morgan fingerprint density at radius 3 is 0.848 bits per heavy atom. The van der Waals surface area contributed by atoms with E-state index >= 15 is 0 Å². The summed E-state index contributed by atoms with van der Waals surface area (Å²) in [5, 5.41) is 0. The molecule has 1 aliphatic heterocycles. The van der Waals surface area contributed by atoms with Crippen LogP contribution in [0.5, 0.6) is 0 Å². The van der Waals surface area contributed by atoms with Crippen LogP contribution in [0.3, 0.4) is 0 Å². The average Bonchev–Trinajstić information content (AvgIpc) is 2.59. The highest BCUT2D eigenvalue weighted by atomic mass is 15.5. The molecule has 0 unspecified atom stereocenters. The first-order valence-corrected chi connectivity index (χ1v) is 14.1. The van der Waals surface area contributed by atoms with Crippen LogP contribution in [0.1, 0.15) is 122 Å². The molecule has 0 radical (unpaired) electrons. The Labute approximate surface area is 210 Å². The van der Waals surface area contributed by atoms with Gasteiger partial charge in [0, 0.05) is 19.6 Å². The highest BCUT2D eigenvalue weighted by molar-refractivity contribution is 4.75. The van der Waals surface area contributed by atoms with Crippen molar-refractivity contribution in [2.75, 3.05) is 39.6 Å². The van der Waals surface area contributed by atoms with E-state index in [1.165, 1.54) is 58.2 Å². The molecule has 198 valence electrons. The number of nitrogens with zero attached hydrogens (tertiary/aromatic N) is 3. The van der Waals surface area contributed by atoms with Gasteiger partial charge in [-0.2, -0.15) is 0 Å². The zero-order chi connectivity index (χ0) is 25.4. The molecule has 1 aliphatic rings. The molecular formula is C30H63N3. The average molecular weight is 466 g/mol. The summed E-state index contributed by atoms with van der Waals surface area (Å²) in [6.07, 6.45) is 7.92. The molecule has 0 aromatic carbocycles. The van der Waals surface area contributed by atoms with Gasteiger partial charge in [-0.3, -0.25) is 14.7 Å². The molecule has 0 amide bonds. The Balaban J connectivity index is 2.65. The van der Waals surface area contributed by atoms with Crippen molar-refractivity contribution in [2.24, 2.45) is 34.0 Å². The van der Waals surface area contributed by atoms with Crippen LogP contribution in [0.25, 0.3) is 0 Å². The number of hydrogen-bond donors (Lipinski definition) is 0. The van der Waals surface area contributed by atoms with Crippen LogP contribution < -0.4 is 0 Å². The summed E-state index contributed by atoms with van der Waals surface area (Å²) in [6, 6.07) is 0. The van der Waals surface area contributed by atoms with Crippen molar-refractivity contribution in [2.45, 2.75) is 122 Å². The van der Waals surface area contributed by atoms with Gasteiger partial charge in [-0.25, -0.2) is 0 Å². The molecule has 0 aliphatic carbocycles. The molecule has 0 aromatic heterocycles. The van der Waals surface area contributed by atoms with Crippen LogP contribution in [0.4, 0.5) is 0 Å². The first-order chi connectivity index (χ1) is 14.9. The lowest BCUT2D eigenvalue weighted by atomic mass is 9.84. The maximum absolute atomic E-state index is 2.73. The van der Waals surface area contributed by atoms with E-state index in [0.29, 0.717) is 16.2 Å². The predicted octanol–water partition coefficient (Wildman–Crippen LogP) is 8.17. The van der Waals surface area contributed by atoms with Crippen molar-refractivity contribution in [3.05, 3.63) is 0 Å². The third kappa shape index (κ3) is 16.2. The van der Waals surface area contributed by atoms with E-state index in [4.69, 9.17) is 0 Å². The van der Waals surface area contributed by atoms with Gasteiger partial charge in [-0.05, 0) is 72.5 Å². The van der Waals surface area contributed by atoms with Crippen molar-refractivity contribution in [1.29, 1.82) is 0 Å². The van der Waals surface area contributed by atoms with Gasteiger partial charge in [-0.1, -0.05) is 83.1 Å². The van der Waals surface area contributed by atoms with Gasteiger partial charge in [0.2, 0.25) is 0 Å². The molecule has 0 saturated carbocycles. The monoisotopic (exact) mass is 466 g/mol. The van der Waals surface area contributed by atoms with Gasteiger partial charge < -0.3 is 0 Å². The lowest BCUT2D eigenvalue weighted by Crippen LogP contribution is -2.55. The molecular weight excluding hydrogens is 402 g/mol. The largest absolute Gasteiger partial charge is 0.277 e. The zero-order valence-electron chi connectivity index (χ0n) is 25.1. The maximum atomic E-state index is 2.73. The molecule has 3 nitrogen and oxygen atoms in total. The van der Waals surface area contributed by atoms with E-state index in [-0.39, 0.29) is 0 Å². The van der Waals surface area contributed by atoms with Gasteiger partial charge in [0.15, 0.2) is 0 Å². The molecule has 33 heavy (non-hydrogen) atoms. The topological polar surface area (TPSA) is 9.72 Å². The summed E-state index contributed by atoms with van der Waals surface area (Å²) in [5.74, 6) is 2.40. The minimum Gasteiger partial charge on any atom is -0.277 e. The summed E-state index contributed by atoms with van der Waals surface area (Å²) < 4.78 is 0. The first-order valence-electron chi connectivity index (χ1n) is 14.1. The van der Waals surface area contributed by atoms with E-state index in [2.05, 4.69) is 97.8 Å². The van der Waals surface area contributed by atoms with E-state index < -0.39 is 0 Å². The van der Waals surface area contributed by atoms with E-state index in [1.54, 1.807) is 0 Å². The lowest BCUT2D eigenvalue weighted by molar-refractivity contribution is -0.0361. The van der Waals surface area contributed by atoms with Gasteiger partial charge in [0.05, 0.1) is 20.0 Å². The predicted molar refractivity (Wildman–Crippen MR) is 148 cm³/mol. The third-order valence-corrected chi connectivity index (χ3v) is 6.90. The molecule has 0 spiro atoms. The quantitative estimate of drug-likeness (QED) is 0.288. The van der Waals surface area contributed by atoms with E-state index in [1.807, 2.05) is 0 Å². The van der Waals surface area contributed by atoms with Gasteiger partial charge >= 0.3 is 0 Å². The molecule has 0 aromatic rings. The van der Waals surface area contributed by atoms with Crippen LogP contribution in [-0.2, 0) is 0 Å². The molecule has 0 bridgehead atoms. The highest BCUT2D eigenvalue weighted by Crippen LogP contribution is 2.29. The Kier molecular flexibility index (Phi) is 12.4. The van der Waals surface area contributed by atoms with Gasteiger partial charge in [0.1, 0.15) is 0 Å². The fourth-order valence-electron chi connectivity index (χ4n) is 6.06. The van der Waals surface area contributed by atoms with Crippen molar-refractivity contribution in [1.82, 2.24) is 14.7 Å². The normalized spacial score (nSPS) is 20.7.